The van der Waals surface area contributed by atoms with Crippen molar-refractivity contribution in [3.63, 3.8) is 0 Å². The molecular formula is C20H20F2N4O2S. The van der Waals surface area contributed by atoms with Gasteiger partial charge in [0.1, 0.15) is 17.1 Å². The zero-order valence-corrected chi connectivity index (χ0v) is 16.6. The van der Waals surface area contributed by atoms with Gasteiger partial charge < -0.3 is 19.9 Å². The fourth-order valence-electron chi connectivity index (χ4n) is 3.21. The topological polar surface area (TPSA) is 57.7 Å². The minimum atomic E-state index is -0.654. The second kappa shape index (κ2) is 8.20. The zero-order chi connectivity index (χ0) is 20.4. The third-order valence-electron chi connectivity index (χ3n) is 4.84. The Morgan fingerprint density at radius 1 is 1.17 bits per heavy atom. The standard InChI is InChI=1S/C20H20F2N4O2S/c1-28-15-4-2-13(3-5-15)12-23-19(27)25-6-8-26(9-7-25)20-24-18-16(22)10-14(21)11-17(18)29-20/h2-5,10-11H,6-9,12H2,1H3,(H,23,27). The summed E-state index contributed by atoms with van der Waals surface area (Å²) in [6.45, 7) is 2.66. The largest absolute Gasteiger partial charge is 0.497 e. The smallest absolute Gasteiger partial charge is 0.317 e. The van der Waals surface area contributed by atoms with Gasteiger partial charge in [0, 0.05) is 38.8 Å². The fraction of sp³-hybridized carbons (Fsp3) is 0.300. The summed E-state index contributed by atoms with van der Waals surface area (Å²) in [5.41, 5.74) is 1.17. The molecule has 1 fully saturated rings. The van der Waals surface area contributed by atoms with Crippen LogP contribution in [-0.2, 0) is 6.54 Å². The molecule has 1 N–H and O–H groups in total. The molecule has 2 amide bonds. The molecule has 1 aromatic heterocycles. The Bertz CT molecular complexity index is 1020. The molecule has 0 bridgehead atoms. The summed E-state index contributed by atoms with van der Waals surface area (Å²) in [5, 5.41) is 3.56. The van der Waals surface area contributed by atoms with E-state index in [9.17, 15) is 13.6 Å². The summed E-state index contributed by atoms with van der Waals surface area (Å²) in [7, 11) is 1.61. The van der Waals surface area contributed by atoms with Gasteiger partial charge >= 0.3 is 6.03 Å². The van der Waals surface area contributed by atoms with E-state index in [0.29, 0.717) is 42.6 Å². The molecule has 1 aliphatic rings. The molecule has 4 rings (SSSR count). The lowest BCUT2D eigenvalue weighted by atomic mass is 10.2. The highest BCUT2D eigenvalue weighted by Gasteiger charge is 2.23. The highest BCUT2D eigenvalue weighted by Crippen LogP contribution is 2.31. The molecule has 1 saturated heterocycles. The van der Waals surface area contributed by atoms with Gasteiger partial charge in [-0.15, -0.1) is 0 Å². The van der Waals surface area contributed by atoms with Crippen molar-refractivity contribution in [2.24, 2.45) is 0 Å². The van der Waals surface area contributed by atoms with Crippen LogP contribution in [0.25, 0.3) is 10.2 Å². The molecule has 2 aromatic carbocycles. The van der Waals surface area contributed by atoms with E-state index in [2.05, 4.69) is 10.3 Å². The van der Waals surface area contributed by atoms with Crippen molar-refractivity contribution in [2.45, 2.75) is 6.54 Å². The number of anilines is 1. The molecule has 29 heavy (non-hydrogen) atoms. The average molecular weight is 418 g/mol. The van der Waals surface area contributed by atoms with Gasteiger partial charge in [-0.1, -0.05) is 23.5 Å². The van der Waals surface area contributed by atoms with E-state index in [0.717, 1.165) is 17.4 Å². The lowest BCUT2D eigenvalue weighted by Crippen LogP contribution is -2.51. The third-order valence-corrected chi connectivity index (χ3v) is 5.91. The summed E-state index contributed by atoms with van der Waals surface area (Å²) in [6, 6.07) is 9.54. The molecule has 2 heterocycles. The van der Waals surface area contributed by atoms with Crippen LogP contribution >= 0.6 is 11.3 Å². The first-order valence-corrected chi connectivity index (χ1v) is 10.0. The predicted molar refractivity (Wildman–Crippen MR) is 109 cm³/mol. The Labute approximate surface area is 170 Å². The molecule has 0 radical (unpaired) electrons. The number of amides is 2. The summed E-state index contributed by atoms with van der Waals surface area (Å²) >= 11 is 1.26. The van der Waals surface area contributed by atoms with E-state index in [-0.39, 0.29) is 11.5 Å². The molecule has 0 aliphatic carbocycles. The van der Waals surface area contributed by atoms with Gasteiger partial charge in [-0.05, 0) is 23.8 Å². The number of fused-ring (bicyclic) bond motifs is 1. The quantitative estimate of drug-likeness (QED) is 0.703. The number of nitrogens with zero attached hydrogens (tertiary/aromatic N) is 3. The number of ether oxygens (including phenoxy) is 1. The molecule has 9 heteroatoms. The van der Waals surface area contributed by atoms with Crippen molar-refractivity contribution in [1.29, 1.82) is 0 Å². The number of urea groups is 1. The van der Waals surface area contributed by atoms with Crippen LogP contribution in [0.3, 0.4) is 0 Å². The SMILES string of the molecule is COc1ccc(CNC(=O)N2CCN(c3nc4c(F)cc(F)cc4s3)CC2)cc1. The first-order chi connectivity index (χ1) is 14.0. The van der Waals surface area contributed by atoms with E-state index in [4.69, 9.17) is 4.74 Å². The lowest BCUT2D eigenvalue weighted by Gasteiger charge is -2.34. The van der Waals surface area contributed by atoms with Crippen molar-refractivity contribution < 1.29 is 18.3 Å². The van der Waals surface area contributed by atoms with Crippen molar-refractivity contribution >= 4 is 32.7 Å². The van der Waals surface area contributed by atoms with Crippen molar-refractivity contribution in [3.8, 4) is 5.75 Å². The highest BCUT2D eigenvalue weighted by atomic mass is 32.1. The van der Waals surface area contributed by atoms with Gasteiger partial charge in [0.2, 0.25) is 0 Å². The maximum Gasteiger partial charge on any atom is 0.317 e. The van der Waals surface area contributed by atoms with Gasteiger partial charge in [0.15, 0.2) is 10.9 Å². The summed E-state index contributed by atoms with van der Waals surface area (Å²) in [4.78, 5) is 20.5. The van der Waals surface area contributed by atoms with Crippen molar-refractivity contribution in [1.82, 2.24) is 15.2 Å². The molecule has 6 nitrogen and oxygen atoms in total. The molecule has 0 atom stereocenters. The number of hydrogen-bond donors (Lipinski definition) is 1. The van der Waals surface area contributed by atoms with E-state index < -0.39 is 11.6 Å². The van der Waals surface area contributed by atoms with Crippen molar-refractivity contribution in [3.05, 3.63) is 53.6 Å². The second-order valence-electron chi connectivity index (χ2n) is 6.71. The number of rotatable bonds is 4. The molecule has 3 aromatic rings. The number of benzene rings is 2. The van der Waals surface area contributed by atoms with Gasteiger partial charge in [0.05, 0.1) is 11.8 Å². The van der Waals surface area contributed by atoms with Crippen molar-refractivity contribution in [2.75, 3.05) is 38.2 Å². The molecular weight excluding hydrogens is 398 g/mol. The first-order valence-electron chi connectivity index (χ1n) is 9.20. The van der Waals surface area contributed by atoms with Crippen LogP contribution in [0.1, 0.15) is 5.56 Å². The molecule has 0 unspecified atom stereocenters. The van der Waals surface area contributed by atoms with Crippen LogP contribution in [0.2, 0.25) is 0 Å². The molecule has 1 aliphatic heterocycles. The number of nitrogens with one attached hydrogen (secondary N) is 1. The Kier molecular flexibility index (Phi) is 5.48. The Morgan fingerprint density at radius 3 is 2.59 bits per heavy atom. The van der Waals surface area contributed by atoms with Crippen LogP contribution in [0.15, 0.2) is 36.4 Å². The van der Waals surface area contributed by atoms with Gasteiger partial charge in [-0.3, -0.25) is 0 Å². The number of halogens is 2. The fourth-order valence-corrected chi connectivity index (χ4v) is 4.27. The number of carbonyl (C=O) groups excluding carboxylic acids is 1. The minimum Gasteiger partial charge on any atom is -0.497 e. The number of carbonyl (C=O) groups is 1. The maximum absolute atomic E-state index is 13.9. The van der Waals surface area contributed by atoms with Gasteiger partial charge in [-0.25, -0.2) is 18.6 Å². The van der Waals surface area contributed by atoms with Gasteiger partial charge in [0.25, 0.3) is 0 Å². The van der Waals surface area contributed by atoms with Crippen LogP contribution in [-0.4, -0.2) is 49.2 Å². The Hall–Kier alpha value is -2.94. The zero-order valence-electron chi connectivity index (χ0n) is 15.8. The maximum atomic E-state index is 13.9. The van der Waals surface area contributed by atoms with Crippen LogP contribution < -0.4 is 15.0 Å². The Balaban J connectivity index is 1.32. The summed E-state index contributed by atoms with van der Waals surface area (Å²) < 4.78 is 32.9. The normalized spacial score (nSPS) is 14.3. The Morgan fingerprint density at radius 2 is 1.90 bits per heavy atom. The number of aromatic nitrogens is 1. The van der Waals surface area contributed by atoms with Gasteiger partial charge in [-0.2, -0.15) is 0 Å². The lowest BCUT2D eigenvalue weighted by molar-refractivity contribution is 0.194. The number of piperazine rings is 1. The van der Waals surface area contributed by atoms with Crippen LogP contribution in [0.5, 0.6) is 5.75 Å². The molecule has 0 saturated carbocycles. The third kappa shape index (κ3) is 4.24. The molecule has 0 spiro atoms. The summed E-state index contributed by atoms with van der Waals surface area (Å²) in [5.74, 6) is -0.490. The molecule has 152 valence electrons. The summed E-state index contributed by atoms with van der Waals surface area (Å²) in [6.07, 6.45) is 0. The van der Waals surface area contributed by atoms with Crippen LogP contribution in [0, 0.1) is 11.6 Å². The predicted octanol–water partition coefficient (Wildman–Crippen LogP) is 3.61. The average Bonchev–Trinajstić information content (AvgIpc) is 3.17. The second-order valence-corrected chi connectivity index (χ2v) is 7.72. The monoisotopic (exact) mass is 418 g/mol. The van der Waals surface area contributed by atoms with Crippen LogP contribution in [0.4, 0.5) is 18.7 Å². The number of thiazole rings is 1. The first kappa shape index (κ1) is 19.4. The number of methoxy groups -OCH3 is 1. The number of hydrogen-bond acceptors (Lipinski definition) is 5. The minimum absolute atomic E-state index is 0.127. The van der Waals surface area contributed by atoms with E-state index in [1.54, 1.807) is 12.0 Å². The highest BCUT2D eigenvalue weighted by molar-refractivity contribution is 7.22. The van der Waals surface area contributed by atoms with E-state index in [1.807, 2.05) is 29.2 Å². The van der Waals surface area contributed by atoms with E-state index >= 15 is 0 Å². The van der Waals surface area contributed by atoms with E-state index in [1.165, 1.54) is 17.4 Å².